The van der Waals surface area contributed by atoms with Crippen molar-refractivity contribution < 1.29 is 0 Å². The highest BCUT2D eigenvalue weighted by Crippen LogP contribution is 2.32. The van der Waals surface area contributed by atoms with Gasteiger partial charge in [0.05, 0.1) is 0 Å². The molecule has 0 bridgehead atoms. The van der Waals surface area contributed by atoms with Crippen LogP contribution in [0, 0.1) is 5.41 Å². The van der Waals surface area contributed by atoms with Crippen LogP contribution in [0.25, 0.3) is 0 Å². The highest BCUT2D eigenvalue weighted by molar-refractivity contribution is 5.25. The summed E-state index contributed by atoms with van der Waals surface area (Å²) in [5.74, 6) is 0. The Morgan fingerprint density at radius 3 is 2.62 bits per heavy atom. The molecule has 1 heterocycles. The van der Waals surface area contributed by atoms with E-state index in [1.165, 1.54) is 36.8 Å². The summed E-state index contributed by atoms with van der Waals surface area (Å²) in [7, 11) is 0. The lowest BCUT2D eigenvalue weighted by atomic mass is 9.85. The molecular formula is C12H17N. The minimum absolute atomic E-state index is 0.513. The lowest BCUT2D eigenvalue weighted by Crippen LogP contribution is -2.10. The lowest BCUT2D eigenvalue weighted by molar-refractivity contribution is 0.317. The molecule has 1 aliphatic carbocycles. The van der Waals surface area contributed by atoms with E-state index in [4.69, 9.17) is 0 Å². The molecule has 0 spiro atoms. The summed E-state index contributed by atoms with van der Waals surface area (Å²) in [6.45, 7) is 4.73. The number of hydrogen-bond donors (Lipinski definition) is 0. The van der Waals surface area contributed by atoms with Gasteiger partial charge < -0.3 is 0 Å². The first-order chi connectivity index (χ1) is 6.17. The van der Waals surface area contributed by atoms with Crippen LogP contribution in [0.15, 0.2) is 18.5 Å². The molecule has 13 heavy (non-hydrogen) atoms. The van der Waals surface area contributed by atoms with Crippen molar-refractivity contribution in [1.29, 1.82) is 0 Å². The number of nitrogens with zero attached hydrogens (tertiary/aromatic N) is 1. The Bertz CT molecular complexity index is 273. The fourth-order valence-electron chi connectivity index (χ4n) is 2.00. The van der Waals surface area contributed by atoms with Crippen LogP contribution in [0.2, 0.25) is 0 Å². The number of fused-ring (bicyclic) bond motifs is 1. The maximum absolute atomic E-state index is 4.19. The molecule has 0 saturated carbocycles. The van der Waals surface area contributed by atoms with Crippen molar-refractivity contribution in [2.45, 2.75) is 39.5 Å². The summed E-state index contributed by atoms with van der Waals surface area (Å²) in [4.78, 5) is 4.19. The molecule has 0 amide bonds. The van der Waals surface area contributed by atoms with Gasteiger partial charge in [-0.3, -0.25) is 4.98 Å². The molecule has 1 nitrogen and oxygen atoms in total. The molecular weight excluding hydrogens is 158 g/mol. The molecule has 0 aliphatic heterocycles. The van der Waals surface area contributed by atoms with Gasteiger partial charge in [-0.2, -0.15) is 0 Å². The minimum atomic E-state index is 0.513. The molecule has 1 aromatic rings. The highest BCUT2D eigenvalue weighted by Gasteiger charge is 2.21. The first-order valence-corrected chi connectivity index (χ1v) is 5.09. The first-order valence-electron chi connectivity index (χ1n) is 5.09. The van der Waals surface area contributed by atoms with E-state index in [2.05, 4.69) is 24.9 Å². The van der Waals surface area contributed by atoms with Gasteiger partial charge in [0.1, 0.15) is 0 Å². The van der Waals surface area contributed by atoms with E-state index in [-0.39, 0.29) is 0 Å². The van der Waals surface area contributed by atoms with Crippen LogP contribution >= 0.6 is 0 Å². The fraction of sp³-hybridized carbons (Fsp3) is 0.583. The Morgan fingerprint density at radius 1 is 1.15 bits per heavy atom. The molecule has 1 aliphatic rings. The molecule has 2 rings (SSSR count). The summed E-state index contributed by atoms with van der Waals surface area (Å²) in [5, 5.41) is 0. The lowest BCUT2D eigenvalue weighted by Gasteiger charge is -2.21. The van der Waals surface area contributed by atoms with Gasteiger partial charge in [-0.05, 0) is 48.3 Å². The summed E-state index contributed by atoms with van der Waals surface area (Å²) in [6, 6.07) is 2.18. The number of hydrogen-bond acceptors (Lipinski definition) is 1. The summed E-state index contributed by atoms with van der Waals surface area (Å²) >= 11 is 0. The zero-order valence-electron chi connectivity index (χ0n) is 8.51. The van der Waals surface area contributed by atoms with Gasteiger partial charge in [-0.15, -0.1) is 0 Å². The third-order valence-corrected chi connectivity index (χ3v) is 3.15. The van der Waals surface area contributed by atoms with E-state index in [1.807, 2.05) is 12.4 Å². The zero-order valence-corrected chi connectivity index (χ0v) is 8.51. The third-order valence-electron chi connectivity index (χ3n) is 3.15. The second kappa shape index (κ2) is 3.13. The monoisotopic (exact) mass is 175 g/mol. The smallest absolute Gasteiger partial charge is 0.0302 e. The maximum Gasteiger partial charge on any atom is 0.0302 e. The SMILES string of the molecule is CC1(C)CCc2ccncc2CC1. The number of rotatable bonds is 0. The van der Waals surface area contributed by atoms with Gasteiger partial charge >= 0.3 is 0 Å². The van der Waals surface area contributed by atoms with Crippen LogP contribution in [0.4, 0.5) is 0 Å². The van der Waals surface area contributed by atoms with Crippen LogP contribution < -0.4 is 0 Å². The first kappa shape index (κ1) is 8.74. The number of aryl methyl sites for hydroxylation is 2. The minimum Gasteiger partial charge on any atom is -0.264 e. The van der Waals surface area contributed by atoms with Gasteiger partial charge in [-0.25, -0.2) is 0 Å². The third kappa shape index (κ3) is 1.90. The number of pyridine rings is 1. The molecule has 70 valence electrons. The van der Waals surface area contributed by atoms with Crippen LogP contribution in [-0.2, 0) is 12.8 Å². The highest BCUT2D eigenvalue weighted by atomic mass is 14.6. The molecule has 1 aromatic heterocycles. The van der Waals surface area contributed by atoms with Crippen molar-refractivity contribution in [1.82, 2.24) is 4.98 Å². The van der Waals surface area contributed by atoms with E-state index in [1.54, 1.807) is 0 Å². The zero-order chi connectivity index (χ0) is 9.31. The van der Waals surface area contributed by atoms with Gasteiger partial charge in [0, 0.05) is 12.4 Å². The fourth-order valence-corrected chi connectivity index (χ4v) is 2.00. The predicted octanol–water partition coefficient (Wildman–Crippen LogP) is 2.99. The molecule has 1 heteroatoms. The summed E-state index contributed by atoms with van der Waals surface area (Å²) in [5.41, 5.74) is 3.49. The molecule has 0 radical (unpaired) electrons. The second-order valence-electron chi connectivity index (χ2n) is 4.81. The average molecular weight is 175 g/mol. The van der Waals surface area contributed by atoms with Crippen molar-refractivity contribution in [3.63, 3.8) is 0 Å². The van der Waals surface area contributed by atoms with Gasteiger partial charge in [0.2, 0.25) is 0 Å². The maximum atomic E-state index is 4.19. The standard InChI is InChI=1S/C12H17N/c1-12(2)6-3-10-5-8-13-9-11(10)4-7-12/h5,8-9H,3-4,6-7H2,1-2H3. The Balaban J connectivity index is 2.27. The molecule has 0 fully saturated rings. The van der Waals surface area contributed by atoms with E-state index in [0.29, 0.717) is 5.41 Å². The van der Waals surface area contributed by atoms with E-state index >= 15 is 0 Å². The van der Waals surface area contributed by atoms with Crippen molar-refractivity contribution >= 4 is 0 Å². The Morgan fingerprint density at radius 2 is 1.85 bits per heavy atom. The van der Waals surface area contributed by atoms with Crippen LogP contribution in [0.1, 0.15) is 37.8 Å². The Hall–Kier alpha value is -0.850. The Labute approximate surface area is 80.2 Å². The Kier molecular flexibility index (Phi) is 2.10. The van der Waals surface area contributed by atoms with Crippen LogP contribution in [0.3, 0.4) is 0 Å². The van der Waals surface area contributed by atoms with E-state index < -0.39 is 0 Å². The van der Waals surface area contributed by atoms with Gasteiger partial charge in [0.25, 0.3) is 0 Å². The van der Waals surface area contributed by atoms with Crippen molar-refractivity contribution in [2.24, 2.45) is 5.41 Å². The van der Waals surface area contributed by atoms with Gasteiger partial charge in [0.15, 0.2) is 0 Å². The van der Waals surface area contributed by atoms with Crippen molar-refractivity contribution in [3.8, 4) is 0 Å². The second-order valence-corrected chi connectivity index (χ2v) is 4.81. The topological polar surface area (TPSA) is 12.9 Å². The quantitative estimate of drug-likeness (QED) is 0.552. The van der Waals surface area contributed by atoms with Crippen LogP contribution in [0.5, 0.6) is 0 Å². The summed E-state index contributed by atoms with van der Waals surface area (Å²) in [6.07, 6.45) is 8.99. The molecule has 0 saturated heterocycles. The van der Waals surface area contributed by atoms with E-state index in [0.717, 1.165) is 0 Å². The van der Waals surface area contributed by atoms with Crippen LogP contribution in [-0.4, -0.2) is 4.98 Å². The summed E-state index contributed by atoms with van der Waals surface area (Å²) < 4.78 is 0. The normalized spacial score (nSPS) is 20.5. The molecule has 0 unspecified atom stereocenters. The molecule has 0 atom stereocenters. The van der Waals surface area contributed by atoms with Gasteiger partial charge in [-0.1, -0.05) is 13.8 Å². The largest absolute Gasteiger partial charge is 0.264 e. The number of aromatic nitrogens is 1. The predicted molar refractivity (Wildman–Crippen MR) is 54.7 cm³/mol. The molecule has 0 aromatic carbocycles. The van der Waals surface area contributed by atoms with Crippen molar-refractivity contribution in [3.05, 3.63) is 29.6 Å². The average Bonchev–Trinajstić information content (AvgIpc) is 2.27. The van der Waals surface area contributed by atoms with E-state index in [9.17, 15) is 0 Å². The van der Waals surface area contributed by atoms with Crippen molar-refractivity contribution in [2.75, 3.05) is 0 Å². The molecule has 0 N–H and O–H groups in total.